The summed E-state index contributed by atoms with van der Waals surface area (Å²) in [4.78, 5) is 0. The van der Waals surface area contributed by atoms with E-state index in [4.69, 9.17) is 16.3 Å². The molecule has 4 heteroatoms. The third-order valence-electron chi connectivity index (χ3n) is 2.34. The second-order valence-corrected chi connectivity index (χ2v) is 5.01. The molecule has 0 radical (unpaired) electrons. The summed E-state index contributed by atoms with van der Waals surface area (Å²) in [7, 11) is 0. The molecule has 0 saturated heterocycles. The van der Waals surface area contributed by atoms with Crippen LogP contribution in [0.2, 0.25) is 5.02 Å². The highest BCUT2D eigenvalue weighted by Crippen LogP contribution is 2.14. The molecule has 1 N–H and O–H groups in total. The van der Waals surface area contributed by atoms with Crippen molar-refractivity contribution < 1.29 is 9.13 Å². The van der Waals surface area contributed by atoms with Crippen LogP contribution in [-0.2, 0) is 11.3 Å². The zero-order chi connectivity index (χ0) is 12.9. The summed E-state index contributed by atoms with van der Waals surface area (Å²) in [5, 5.41) is 3.65. The van der Waals surface area contributed by atoms with Crippen molar-refractivity contribution in [2.75, 3.05) is 13.2 Å². The standard InChI is InChI=1S/C13H19ClFNO/c1-4-17-13(2,3)9-16-8-10-5-11(14)7-12(15)6-10/h5-7,16H,4,8-9H2,1-3H3. The van der Waals surface area contributed by atoms with Gasteiger partial charge in [0.2, 0.25) is 0 Å². The SMILES string of the molecule is CCOC(C)(C)CNCc1cc(F)cc(Cl)c1. The fourth-order valence-corrected chi connectivity index (χ4v) is 1.91. The first-order valence-electron chi connectivity index (χ1n) is 5.72. The molecule has 0 spiro atoms. The minimum absolute atomic E-state index is 0.216. The predicted molar refractivity (Wildman–Crippen MR) is 68.8 cm³/mol. The van der Waals surface area contributed by atoms with Crippen LogP contribution in [0.25, 0.3) is 0 Å². The van der Waals surface area contributed by atoms with Gasteiger partial charge < -0.3 is 10.1 Å². The highest BCUT2D eigenvalue weighted by molar-refractivity contribution is 6.30. The normalized spacial score (nSPS) is 11.8. The van der Waals surface area contributed by atoms with E-state index in [1.165, 1.54) is 12.1 Å². The molecule has 1 aromatic carbocycles. The highest BCUT2D eigenvalue weighted by Gasteiger charge is 2.16. The van der Waals surface area contributed by atoms with Gasteiger partial charge in [-0.05, 0) is 44.5 Å². The number of halogens is 2. The van der Waals surface area contributed by atoms with Gasteiger partial charge in [-0.1, -0.05) is 11.6 Å². The Balaban J connectivity index is 2.45. The smallest absolute Gasteiger partial charge is 0.125 e. The second-order valence-electron chi connectivity index (χ2n) is 4.57. The maximum atomic E-state index is 13.1. The Labute approximate surface area is 107 Å². The molecule has 96 valence electrons. The van der Waals surface area contributed by atoms with Gasteiger partial charge in [0, 0.05) is 24.7 Å². The van der Waals surface area contributed by atoms with E-state index in [2.05, 4.69) is 5.32 Å². The first kappa shape index (κ1) is 14.4. The molecule has 0 atom stereocenters. The van der Waals surface area contributed by atoms with Crippen molar-refractivity contribution in [2.45, 2.75) is 32.9 Å². The Morgan fingerprint density at radius 1 is 1.35 bits per heavy atom. The van der Waals surface area contributed by atoms with Crippen LogP contribution >= 0.6 is 11.6 Å². The lowest BCUT2D eigenvalue weighted by molar-refractivity contribution is -0.00897. The van der Waals surface area contributed by atoms with Crippen molar-refractivity contribution in [3.8, 4) is 0 Å². The minimum Gasteiger partial charge on any atom is -0.375 e. The second kappa shape index (κ2) is 6.34. The lowest BCUT2D eigenvalue weighted by Gasteiger charge is -2.25. The third-order valence-corrected chi connectivity index (χ3v) is 2.56. The van der Waals surface area contributed by atoms with E-state index in [0.717, 1.165) is 5.56 Å². The average molecular weight is 260 g/mol. The Morgan fingerprint density at radius 3 is 2.65 bits per heavy atom. The summed E-state index contributed by atoms with van der Waals surface area (Å²) < 4.78 is 18.6. The molecule has 0 aliphatic carbocycles. The first-order chi connectivity index (χ1) is 7.93. The maximum absolute atomic E-state index is 13.1. The van der Waals surface area contributed by atoms with Crippen molar-refractivity contribution in [3.05, 3.63) is 34.6 Å². The third kappa shape index (κ3) is 5.48. The van der Waals surface area contributed by atoms with Crippen LogP contribution in [0.1, 0.15) is 26.3 Å². The summed E-state index contributed by atoms with van der Waals surface area (Å²) in [6.45, 7) is 7.96. The van der Waals surface area contributed by atoms with E-state index in [0.29, 0.717) is 24.7 Å². The molecule has 0 aliphatic rings. The van der Waals surface area contributed by atoms with Gasteiger partial charge in [-0.25, -0.2) is 4.39 Å². The van der Waals surface area contributed by atoms with E-state index < -0.39 is 0 Å². The molecule has 1 aromatic rings. The number of benzene rings is 1. The number of hydrogen-bond donors (Lipinski definition) is 1. The summed E-state index contributed by atoms with van der Waals surface area (Å²) in [6.07, 6.45) is 0. The van der Waals surface area contributed by atoms with Gasteiger partial charge in [-0.15, -0.1) is 0 Å². The van der Waals surface area contributed by atoms with Gasteiger partial charge in [0.1, 0.15) is 5.82 Å². The first-order valence-corrected chi connectivity index (χ1v) is 6.10. The Bertz CT molecular complexity index is 348. The van der Waals surface area contributed by atoms with Gasteiger partial charge in [0.15, 0.2) is 0 Å². The highest BCUT2D eigenvalue weighted by atomic mass is 35.5. The number of hydrogen-bond acceptors (Lipinski definition) is 2. The molecule has 0 fully saturated rings. The van der Waals surface area contributed by atoms with Crippen molar-refractivity contribution in [2.24, 2.45) is 0 Å². The monoisotopic (exact) mass is 259 g/mol. The molecule has 1 rings (SSSR count). The van der Waals surface area contributed by atoms with Gasteiger partial charge in [-0.3, -0.25) is 0 Å². The molecular weight excluding hydrogens is 241 g/mol. The Morgan fingerprint density at radius 2 is 2.06 bits per heavy atom. The average Bonchev–Trinajstić information content (AvgIpc) is 2.15. The van der Waals surface area contributed by atoms with Gasteiger partial charge in [-0.2, -0.15) is 0 Å². The van der Waals surface area contributed by atoms with E-state index >= 15 is 0 Å². The van der Waals surface area contributed by atoms with Crippen LogP contribution in [0, 0.1) is 5.82 Å². The summed E-state index contributed by atoms with van der Waals surface area (Å²) in [5.41, 5.74) is 0.619. The fourth-order valence-electron chi connectivity index (χ4n) is 1.66. The zero-order valence-electron chi connectivity index (χ0n) is 10.5. The van der Waals surface area contributed by atoms with Crippen molar-refractivity contribution in [3.63, 3.8) is 0 Å². The van der Waals surface area contributed by atoms with Crippen LogP contribution in [0.3, 0.4) is 0 Å². The Kier molecular flexibility index (Phi) is 5.37. The molecule has 0 aliphatic heterocycles. The summed E-state index contributed by atoms with van der Waals surface area (Å²) in [6, 6.07) is 4.53. The van der Waals surface area contributed by atoms with E-state index in [-0.39, 0.29) is 11.4 Å². The molecule has 0 heterocycles. The topological polar surface area (TPSA) is 21.3 Å². The van der Waals surface area contributed by atoms with Crippen LogP contribution in [0.5, 0.6) is 0 Å². The molecule has 0 unspecified atom stereocenters. The molecule has 0 saturated carbocycles. The number of rotatable bonds is 6. The van der Waals surface area contributed by atoms with Crippen LogP contribution in [-0.4, -0.2) is 18.8 Å². The van der Waals surface area contributed by atoms with Crippen molar-refractivity contribution in [1.29, 1.82) is 0 Å². The van der Waals surface area contributed by atoms with E-state index in [1.54, 1.807) is 6.07 Å². The lowest BCUT2D eigenvalue weighted by atomic mass is 10.1. The quantitative estimate of drug-likeness (QED) is 0.846. The molecular formula is C13H19ClFNO. The largest absolute Gasteiger partial charge is 0.375 e. The molecule has 0 bridgehead atoms. The van der Waals surface area contributed by atoms with Crippen LogP contribution < -0.4 is 5.32 Å². The Hall–Kier alpha value is -0.640. The summed E-state index contributed by atoms with van der Waals surface area (Å²) in [5.74, 6) is -0.307. The minimum atomic E-state index is -0.307. The van der Waals surface area contributed by atoms with E-state index in [9.17, 15) is 4.39 Å². The predicted octanol–water partition coefficient (Wildman–Crippen LogP) is 3.38. The van der Waals surface area contributed by atoms with Crippen molar-refractivity contribution >= 4 is 11.6 Å². The van der Waals surface area contributed by atoms with Gasteiger partial charge >= 0.3 is 0 Å². The fraction of sp³-hybridized carbons (Fsp3) is 0.538. The molecule has 0 amide bonds. The molecule has 2 nitrogen and oxygen atoms in total. The zero-order valence-corrected chi connectivity index (χ0v) is 11.3. The van der Waals surface area contributed by atoms with Gasteiger partial charge in [0.05, 0.1) is 5.60 Å². The number of nitrogens with one attached hydrogen (secondary N) is 1. The maximum Gasteiger partial charge on any atom is 0.125 e. The molecule has 17 heavy (non-hydrogen) atoms. The van der Waals surface area contributed by atoms with Crippen molar-refractivity contribution in [1.82, 2.24) is 5.32 Å². The molecule has 0 aromatic heterocycles. The lowest BCUT2D eigenvalue weighted by Crippen LogP contribution is -2.37. The van der Waals surface area contributed by atoms with Crippen LogP contribution in [0.15, 0.2) is 18.2 Å². The summed E-state index contributed by atoms with van der Waals surface area (Å²) >= 11 is 5.78. The van der Waals surface area contributed by atoms with Gasteiger partial charge in [0.25, 0.3) is 0 Å². The van der Waals surface area contributed by atoms with Crippen LogP contribution in [0.4, 0.5) is 4.39 Å². The number of ether oxygens (including phenoxy) is 1. The van der Waals surface area contributed by atoms with E-state index in [1.807, 2.05) is 20.8 Å².